The largest absolute Gasteiger partial charge is 0.338 e. The standard InChI is InChI=1S/C13H18N4OS/c1-11(12-4-2-9-19-12)16-13(18)15-5-3-7-17-8-6-14-10-17/h2,4,6,8-11H,3,5,7H2,1H3,(H2,15,16,18). The number of urea groups is 1. The van der Waals surface area contributed by atoms with Crippen LogP contribution in [0.1, 0.15) is 24.3 Å². The quantitative estimate of drug-likeness (QED) is 0.797. The van der Waals surface area contributed by atoms with E-state index in [4.69, 9.17) is 0 Å². The molecule has 0 aliphatic carbocycles. The zero-order valence-electron chi connectivity index (χ0n) is 10.9. The van der Waals surface area contributed by atoms with Gasteiger partial charge in [-0.1, -0.05) is 6.07 Å². The summed E-state index contributed by atoms with van der Waals surface area (Å²) in [7, 11) is 0. The van der Waals surface area contributed by atoms with Crippen molar-refractivity contribution in [3.63, 3.8) is 0 Å². The maximum absolute atomic E-state index is 11.7. The van der Waals surface area contributed by atoms with Crippen molar-refractivity contribution in [2.24, 2.45) is 0 Å². The molecule has 5 nitrogen and oxygen atoms in total. The average Bonchev–Trinajstić information content (AvgIpc) is 3.07. The Morgan fingerprint density at radius 1 is 1.58 bits per heavy atom. The Morgan fingerprint density at radius 2 is 2.47 bits per heavy atom. The van der Waals surface area contributed by atoms with Crippen LogP contribution < -0.4 is 10.6 Å². The van der Waals surface area contributed by atoms with Gasteiger partial charge in [-0.3, -0.25) is 0 Å². The van der Waals surface area contributed by atoms with Crippen molar-refractivity contribution in [2.75, 3.05) is 6.54 Å². The number of nitrogens with one attached hydrogen (secondary N) is 2. The Kier molecular flexibility index (Phi) is 4.97. The average molecular weight is 278 g/mol. The molecule has 102 valence electrons. The Bertz CT molecular complexity index is 481. The minimum Gasteiger partial charge on any atom is -0.338 e. The molecule has 2 aromatic heterocycles. The van der Waals surface area contributed by atoms with Crippen molar-refractivity contribution in [1.82, 2.24) is 20.2 Å². The molecule has 0 saturated carbocycles. The van der Waals surface area contributed by atoms with Crippen LogP contribution in [0.3, 0.4) is 0 Å². The highest BCUT2D eigenvalue weighted by atomic mass is 32.1. The van der Waals surface area contributed by atoms with Crippen LogP contribution in [-0.4, -0.2) is 22.1 Å². The summed E-state index contributed by atoms with van der Waals surface area (Å²) in [5.41, 5.74) is 0. The van der Waals surface area contributed by atoms with E-state index in [0.29, 0.717) is 6.54 Å². The zero-order chi connectivity index (χ0) is 13.5. The molecule has 0 fully saturated rings. The lowest BCUT2D eigenvalue weighted by molar-refractivity contribution is 0.238. The SMILES string of the molecule is CC(NC(=O)NCCCn1ccnc1)c1cccs1. The Morgan fingerprint density at radius 3 is 3.16 bits per heavy atom. The highest BCUT2D eigenvalue weighted by Gasteiger charge is 2.09. The number of rotatable bonds is 6. The summed E-state index contributed by atoms with van der Waals surface area (Å²) < 4.78 is 1.99. The number of hydrogen-bond acceptors (Lipinski definition) is 3. The first kappa shape index (κ1) is 13.6. The second kappa shape index (κ2) is 6.94. The van der Waals surface area contributed by atoms with Gasteiger partial charge in [0.05, 0.1) is 12.4 Å². The molecule has 0 bridgehead atoms. The van der Waals surface area contributed by atoms with E-state index in [2.05, 4.69) is 15.6 Å². The maximum atomic E-state index is 11.7. The fourth-order valence-electron chi connectivity index (χ4n) is 1.74. The van der Waals surface area contributed by atoms with Crippen LogP contribution in [-0.2, 0) is 6.54 Å². The third-order valence-corrected chi connectivity index (χ3v) is 3.81. The number of carbonyl (C=O) groups is 1. The predicted octanol–water partition coefficient (Wildman–Crippen LogP) is 2.40. The van der Waals surface area contributed by atoms with E-state index in [1.807, 2.05) is 35.2 Å². The van der Waals surface area contributed by atoms with Crippen LogP contribution in [0.15, 0.2) is 36.2 Å². The van der Waals surface area contributed by atoms with Crippen molar-refractivity contribution in [3.8, 4) is 0 Å². The van der Waals surface area contributed by atoms with E-state index in [9.17, 15) is 4.79 Å². The van der Waals surface area contributed by atoms with E-state index in [-0.39, 0.29) is 12.1 Å². The second-order valence-corrected chi connectivity index (χ2v) is 5.27. The van der Waals surface area contributed by atoms with Gasteiger partial charge in [-0.15, -0.1) is 11.3 Å². The summed E-state index contributed by atoms with van der Waals surface area (Å²) in [6.45, 7) is 3.50. The van der Waals surface area contributed by atoms with E-state index in [1.165, 1.54) is 0 Å². The Balaban J connectivity index is 1.62. The molecule has 0 aliphatic heterocycles. The van der Waals surface area contributed by atoms with E-state index in [0.717, 1.165) is 17.8 Å². The topological polar surface area (TPSA) is 59.0 Å². The maximum Gasteiger partial charge on any atom is 0.315 e. The molecule has 0 aromatic carbocycles. The predicted molar refractivity (Wildman–Crippen MR) is 76.1 cm³/mol. The molecule has 2 N–H and O–H groups in total. The Labute approximate surface area is 116 Å². The normalized spacial score (nSPS) is 12.1. The molecule has 2 rings (SSSR count). The van der Waals surface area contributed by atoms with Crippen LogP contribution in [0.4, 0.5) is 4.79 Å². The van der Waals surface area contributed by atoms with Gasteiger partial charge in [-0.05, 0) is 24.8 Å². The van der Waals surface area contributed by atoms with Gasteiger partial charge in [0.15, 0.2) is 0 Å². The number of aryl methyl sites for hydroxylation is 1. The van der Waals surface area contributed by atoms with Crippen LogP contribution in [0.5, 0.6) is 0 Å². The molecule has 6 heteroatoms. The molecule has 1 unspecified atom stereocenters. The van der Waals surface area contributed by atoms with Gasteiger partial charge in [0.25, 0.3) is 0 Å². The number of carbonyl (C=O) groups excluding carboxylic acids is 1. The fourth-order valence-corrected chi connectivity index (χ4v) is 2.47. The van der Waals surface area contributed by atoms with Crippen LogP contribution in [0.2, 0.25) is 0 Å². The minimum atomic E-state index is -0.119. The van der Waals surface area contributed by atoms with Gasteiger partial charge >= 0.3 is 6.03 Å². The monoisotopic (exact) mass is 278 g/mol. The number of nitrogens with zero attached hydrogens (tertiary/aromatic N) is 2. The number of thiophene rings is 1. The van der Waals surface area contributed by atoms with Crippen molar-refractivity contribution in [1.29, 1.82) is 0 Å². The summed E-state index contributed by atoms with van der Waals surface area (Å²) >= 11 is 1.65. The minimum absolute atomic E-state index is 0.0497. The molecule has 1 atom stereocenters. The summed E-state index contributed by atoms with van der Waals surface area (Å²) in [6, 6.07) is 3.94. The van der Waals surface area contributed by atoms with Gasteiger partial charge in [-0.25, -0.2) is 9.78 Å². The highest BCUT2D eigenvalue weighted by Crippen LogP contribution is 2.17. The lowest BCUT2D eigenvalue weighted by atomic mass is 10.3. The zero-order valence-corrected chi connectivity index (χ0v) is 11.7. The first-order valence-corrected chi connectivity index (χ1v) is 7.17. The van der Waals surface area contributed by atoms with Crippen molar-refractivity contribution in [3.05, 3.63) is 41.1 Å². The number of amides is 2. The van der Waals surface area contributed by atoms with Gasteiger partial charge in [-0.2, -0.15) is 0 Å². The first-order chi connectivity index (χ1) is 9.25. The van der Waals surface area contributed by atoms with Crippen molar-refractivity contribution >= 4 is 17.4 Å². The summed E-state index contributed by atoms with van der Waals surface area (Å²) in [5.74, 6) is 0. The van der Waals surface area contributed by atoms with E-state index < -0.39 is 0 Å². The lowest BCUT2D eigenvalue weighted by Gasteiger charge is -2.13. The van der Waals surface area contributed by atoms with Gasteiger partial charge in [0.1, 0.15) is 0 Å². The third-order valence-electron chi connectivity index (χ3n) is 2.76. The summed E-state index contributed by atoms with van der Waals surface area (Å²) in [6.07, 6.45) is 6.33. The molecule has 2 amide bonds. The van der Waals surface area contributed by atoms with Crippen LogP contribution in [0, 0.1) is 0 Å². The van der Waals surface area contributed by atoms with E-state index >= 15 is 0 Å². The number of aromatic nitrogens is 2. The molecule has 0 saturated heterocycles. The number of hydrogen-bond donors (Lipinski definition) is 2. The molecule has 0 aliphatic rings. The third kappa shape index (κ3) is 4.40. The smallest absolute Gasteiger partial charge is 0.315 e. The molecule has 19 heavy (non-hydrogen) atoms. The highest BCUT2D eigenvalue weighted by molar-refractivity contribution is 7.10. The summed E-state index contributed by atoms with van der Waals surface area (Å²) in [5, 5.41) is 7.79. The van der Waals surface area contributed by atoms with Crippen LogP contribution >= 0.6 is 11.3 Å². The molecule has 2 aromatic rings. The second-order valence-electron chi connectivity index (χ2n) is 4.29. The number of imidazole rings is 1. The van der Waals surface area contributed by atoms with Gasteiger partial charge < -0.3 is 15.2 Å². The summed E-state index contributed by atoms with van der Waals surface area (Å²) in [4.78, 5) is 16.8. The van der Waals surface area contributed by atoms with Crippen molar-refractivity contribution < 1.29 is 4.79 Å². The lowest BCUT2D eigenvalue weighted by Crippen LogP contribution is -2.37. The Hall–Kier alpha value is -1.82. The van der Waals surface area contributed by atoms with E-state index in [1.54, 1.807) is 23.9 Å². The molecule has 2 heterocycles. The first-order valence-electron chi connectivity index (χ1n) is 6.29. The molecule has 0 spiro atoms. The fraction of sp³-hybridized carbons (Fsp3) is 0.385. The van der Waals surface area contributed by atoms with Crippen LogP contribution in [0.25, 0.3) is 0 Å². The van der Waals surface area contributed by atoms with Gasteiger partial charge in [0.2, 0.25) is 0 Å². The van der Waals surface area contributed by atoms with Gasteiger partial charge in [0, 0.05) is 30.4 Å². The molecular formula is C13H18N4OS. The molecule has 0 radical (unpaired) electrons. The van der Waals surface area contributed by atoms with Crippen molar-refractivity contribution in [2.45, 2.75) is 25.9 Å². The molecular weight excluding hydrogens is 260 g/mol.